The van der Waals surface area contributed by atoms with Crippen LogP contribution in [-0.2, 0) is 16.1 Å². The summed E-state index contributed by atoms with van der Waals surface area (Å²) in [5.74, 6) is -1.05. The lowest BCUT2D eigenvalue weighted by atomic mass is 10.3. The van der Waals surface area contributed by atoms with Gasteiger partial charge in [-0.15, -0.1) is 11.3 Å². The van der Waals surface area contributed by atoms with Gasteiger partial charge in [-0.05, 0) is 23.1 Å². The lowest BCUT2D eigenvalue weighted by Gasteiger charge is -2.05. The Labute approximate surface area is 106 Å². The Balaban J connectivity index is 2.34. The van der Waals surface area contributed by atoms with Crippen LogP contribution < -0.4 is 0 Å². The maximum Gasteiger partial charge on any atom is 0.391 e. The van der Waals surface area contributed by atoms with Crippen LogP contribution in [0.25, 0.3) is 6.08 Å². The van der Waals surface area contributed by atoms with Crippen molar-refractivity contribution in [1.82, 2.24) is 0 Å². The molecule has 1 rings (SSSR count). The van der Waals surface area contributed by atoms with Crippen LogP contribution in [0.1, 0.15) is 16.9 Å². The first-order valence-electron chi connectivity index (χ1n) is 5.00. The minimum atomic E-state index is -4.20. The number of halogens is 3. The number of aliphatic carboxylic acids is 1. The zero-order chi connectivity index (χ0) is 13.6. The van der Waals surface area contributed by atoms with Gasteiger partial charge in [-0.2, -0.15) is 13.2 Å². The van der Waals surface area contributed by atoms with E-state index in [-0.39, 0.29) is 13.2 Å². The molecule has 0 aliphatic carbocycles. The van der Waals surface area contributed by atoms with E-state index in [1.165, 1.54) is 17.4 Å². The van der Waals surface area contributed by atoms with Gasteiger partial charge in [-0.1, -0.05) is 0 Å². The lowest BCUT2D eigenvalue weighted by Crippen LogP contribution is -2.11. The highest BCUT2D eigenvalue weighted by Crippen LogP contribution is 2.20. The predicted octanol–water partition coefficient (Wildman–Crippen LogP) is 3.31. The zero-order valence-electron chi connectivity index (χ0n) is 9.24. The molecule has 0 aliphatic rings. The van der Waals surface area contributed by atoms with E-state index in [1.807, 2.05) is 0 Å². The average molecular weight is 280 g/mol. The first-order valence-corrected chi connectivity index (χ1v) is 5.88. The van der Waals surface area contributed by atoms with Crippen LogP contribution in [0.4, 0.5) is 13.2 Å². The largest absolute Gasteiger partial charge is 0.478 e. The number of carboxylic acids is 1. The van der Waals surface area contributed by atoms with Crippen molar-refractivity contribution >= 4 is 23.4 Å². The van der Waals surface area contributed by atoms with Crippen molar-refractivity contribution < 1.29 is 27.8 Å². The number of carbonyl (C=O) groups is 1. The molecule has 0 fully saturated rings. The van der Waals surface area contributed by atoms with Crippen molar-refractivity contribution in [3.05, 3.63) is 28.0 Å². The van der Waals surface area contributed by atoms with Crippen molar-refractivity contribution in [3.8, 4) is 0 Å². The topological polar surface area (TPSA) is 46.5 Å². The van der Waals surface area contributed by atoms with Gasteiger partial charge in [0.15, 0.2) is 0 Å². The summed E-state index contributed by atoms with van der Waals surface area (Å²) >= 11 is 1.31. The highest BCUT2D eigenvalue weighted by molar-refractivity contribution is 7.10. The van der Waals surface area contributed by atoms with Gasteiger partial charge in [0.05, 0.1) is 19.6 Å². The van der Waals surface area contributed by atoms with Crippen molar-refractivity contribution in [3.63, 3.8) is 0 Å². The van der Waals surface area contributed by atoms with Crippen molar-refractivity contribution in [1.29, 1.82) is 0 Å². The third kappa shape index (κ3) is 6.41. The molecule has 0 aromatic carbocycles. The average Bonchev–Trinajstić information content (AvgIpc) is 2.68. The van der Waals surface area contributed by atoms with Crippen LogP contribution in [0.2, 0.25) is 0 Å². The lowest BCUT2D eigenvalue weighted by molar-refractivity contribution is -0.146. The van der Waals surface area contributed by atoms with Crippen LogP contribution in [0.3, 0.4) is 0 Å². The highest BCUT2D eigenvalue weighted by atomic mass is 32.1. The van der Waals surface area contributed by atoms with Gasteiger partial charge in [0, 0.05) is 11.0 Å². The van der Waals surface area contributed by atoms with E-state index in [1.54, 1.807) is 11.4 Å². The normalized spacial score (nSPS) is 12.2. The van der Waals surface area contributed by atoms with Gasteiger partial charge in [0.1, 0.15) is 0 Å². The molecular weight excluding hydrogens is 269 g/mol. The van der Waals surface area contributed by atoms with Gasteiger partial charge >= 0.3 is 12.1 Å². The molecule has 7 heteroatoms. The second kappa shape index (κ2) is 6.55. The minimum Gasteiger partial charge on any atom is -0.478 e. The molecule has 1 heterocycles. The molecule has 1 aromatic rings. The number of hydrogen-bond acceptors (Lipinski definition) is 3. The first kappa shape index (κ1) is 14.7. The Morgan fingerprint density at radius 1 is 1.50 bits per heavy atom. The molecular formula is C11H11F3O3S. The van der Waals surface area contributed by atoms with E-state index in [9.17, 15) is 18.0 Å². The molecule has 3 nitrogen and oxygen atoms in total. The molecule has 0 atom stereocenters. The molecule has 0 unspecified atom stereocenters. The monoisotopic (exact) mass is 280 g/mol. The van der Waals surface area contributed by atoms with Crippen LogP contribution >= 0.6 is 11.3 Å². The molecule has 100 valence electrons. The Morgan fingerprint density at radius 3 is 2.83 bits per heavy atom. The zero-order valence-corrected chi connectivity index (χ0v) is 10.1. The van der Waals surface area contributed by atoms with Crippen molar-refractivity contribution in [2.24, 2.45) is 0 Å². The summed E-state index contributed by atoms with van der Waals surface area (Å²) < 4.78 is 40.3. The molecule has 0 aliphatic heterocycles. The van der Waals surface area contributed by atoms with Gasteiger partial charge in [-0.3, -0.25) is 0 Å². The SMILES string of the molecule is O=C(O)/C=C/c1csc(COCCC(F)(F)F)c1. The van der Waals surface area contributed by atoms with Gasteiger partial charge < -0.3 is 9.84 Å². The van der Waals surface area contributed by atoms with E-state index < -0.39 is 18.6 Å². The van der Waals surface area contributed by atoms with E-state index >= 15 is 0 Å². The quantitative estimate of drug-likeness (QED) is 0.642. The third-order valence-corrected chi connectivity index (χ3v) is 2.80. The van der Waals surface area contributed by atoms with E-state index in [0.29, 0.717) is 5.56 Å². The number of alkyl halides is 3. The standard InChI is InChI=1S/C11H11F3O3S/c12-11(13,14)3-4-17-6-9-5-8(7-18-9)1-2-10(15)16/h1-2,5,7H,3-4,6H2,(H,15,16)/b2-1+. The molecule has 1 N–H and O–H groups in total. The number of ether oxygens (including phenoxy) is 1. The Morgan fingerprint density at radius 2 is 2.22 bits per heavy atom. The van der Waals surface area contributed by atoms with E-state index in [2.05, 4.69) is 0 Å². The molecule has 0 radical (unpaired) electrons. The molecule has 18 heavy (non-hydrogen) atoms. The predicted molar refractivity (Wildman–Crippen MR) is 61.3 cm³/mol. The Bertz CT molecular complexity index is 423. The fourth-order valence-corrected chi connectivity index (χ4v) is 1.88. The summed E-state index contributed by atoms with van der Waals surface area (Å²) in [5, 5.41) is 10.1. The molecule has 1 aromatic heterocycles. The highest BCUT2D eigenvalue weighted by Gasteiger charge is 2.26. The minimum absolute atomic E-state index is 0.0989. The molecule has 0 bridgehead atoms. The smallest absolute Gasteiger partial charge is 0.391 e. The molecule has 0 amide bonds. The summed E-state index contributed by atoms with van der Waals surface area (Å²) in [7, 11) is 0. The van der Waals surface area contributed by atoms with Crippen LogP contribution in [0, 0.1) is 0 Å². The Hall–Kier alpha value is -1.34. The summed E-state index contributed by atoms with van der Waals surface area (Å²) in [6.45, 7) is -0.274. The number of thiophene rings is 1. The number of carboxylic acid groups (broad SMARTS) is 1. The van der Waals surface area contributed by atoms with Gasteiger partial charge in [-0.25, -0.2) is 4.79 Å². The van der Waals surface area contributed by atoms with Crippen LogP contribution in [0.15, 0.2) is 17.5 Å². The molecule has 0 spiro atoms. The second-order valence-electron chi connectivity index (χ2n) is 3.44. The number of hydrogen-bond donors (Lipinski definition) is 1. The molecule has 0 saturated carbocycles. The summed E-state index contributed by atoms with van der Waals surface area (Å²) in [6.07, 6.45) is -2.76. The third-order valence-electron chi connectivity index (χ3n) is 1.87. The fourth-order valence-electron chi connectivity index (χ4n) is 1.09. The first-order chi connectivity index (χ1) is 8.37. The van der Waals surface area contributed by atoms with Crippen molar-refractivity contribution in [2.75, 3.05) is 6.61 Å². The summed E-state index contributed by atoms with van der Waals surface area (Å²) in [6, 6.07) is 1.68. The Kier molecular flexibility index (Phi) is 5.36. The van der Waals surface area contributed by atoms with Gasteiger partial charge in [0.2, 0.25) is 0 Å². The van der Waals surface area contributed by atoms with Gasteiger partial charge in [0.25, 0.3) is 0 Å². The fraction of sp³-hybridized carbons (Fsp3) is 0.364. The van der Waals surface area contributed by atoms with E-state index in [4.69, 9.17) is 9.84 Å². The summed E-state index contributed by atoms with van der Waals surface area (Å²) in [5.41, 5.74) is 0.692. The van der Waals surface area contributed by atoms with Crippen LogP contribution in [-0.4, -0.2) is 23.9 Å². The maximum atomic E-state index is 11.8. The van der Waals surface area contributed by atoms with E-state index in [0.717, 1.165) is 11.0 Å². The van der Waals surface area contributed by atoms with Crippen LogP contribution in [0.5, 0.6) is 0 Å². The maximum absolute atomic E-state index is 11.8. The second-order valence-corrected chi connectivity index (χ2v) is 4.43. The van der Waals surface area contributed by atoms with Crippen molar-refractivity contribution in [2.45, 2.75) is 19.2 Å². The summed E-state index contributed by atoms with van der Waals surface area (Å²) in [4.78, 5) is 11.0. The number of rotatable bonds is 6. The molecule has 0 saturated heterocycles.